The van der Waals surface area contributed by atoms with Gasteiger partial charge in [0.25, 0.3) is 11.5 Å². The van der Waals surface area contributed by atoms with Gasteiger partial charge in [0.05, 0.1) is 11.6 Å². The number of carbonyl (C=O) groups excluding carboxylic acids is 1. The molecule has 0 aliphatic heterocycles. The number of carbonyl (C=O) groups is 2. The fourth-order valence-electron chi connectivity index (χ4n) is 2.57. The number of rotatable bonds is 5. The number of benzene rings is 2. The van der Waals surface area contributed by atoms with Crippen LogP contribution in [0.2, 0.25) is 0 Å². The highest BCUT2D eigenvalue weighted by Gasteiger charge is 2.15. The van der Waals surface area contributed by atoms with E-state index in [2.05, 4.69) is 15.3 Å². The van der Waals surface area contributed by atoms with Crippen LogP contribution in [0.25, 0.3) is 11.4 Å². The molecule has 0 spiro atoms. The Bertz CT molecular complexity index is 1030. The Balaban J connectivity index is 1.80. The van der Waals surface area contributed by atoms with Crippen LogP contribution in [0.1, 0.15) is 39.4 Å². The minimum atomic E-state index is -1.01. The van der Waals surface area contributed by atoms with Gasteiger partial charge >= 0.3 is 5.97 Å². The fraction of sp³-hybridized carbons (Fsp3) is 0.100. The maximum absolute atomic E-state index is 12.5. The molecule has 0 bridgehead atoms. The predicted molar refractivity (Wildman–Crippen MR) is 99.6 cm³/mol. The van der Waals surface area contributed by atoms with Crippen molar-refractivity contribution in [1.82, 2.24) is 15.3 Å². The molecular weight excluding hydrogens is 346 g/mol. The molecule has 1 amide bonds. The monoisotopic (exact) mass is 363 g/mol. The van der Waals surface area contributed by atoms with Crippen LogP contribution in [-0.2, 0) is 0 Å². The van der Waals surface area contributed by atoms with E-state index >= 15 is 0 Å². The van der Waals surface area contributed by atoms with Gasteiger partial charge in [-0.05, 0) is 24.6 Å². The van der Waals surface area contributed by atoms with Crippen molar-refractivity contribution in [3.63, 3.8) is 0 Å². The summed E-state index contributed by atoms with van der Waals surface area (Å²) < 4.78 is 0. The topological polar surface area (TPSA) is 112 Å². The van der Waals surface area contributed by atoms with Gasteiger partial charge in [-0.2, -0.15) is 0 Å². The summed E-state index contributed by atoms with van der Waals surface area (Å²) in [5.74, 6) is -1.20. The van der Waals surface area contributed by atoms with Crippen molar-refractivity contribution in [1.29, 1.82) is 0 Å². The summed E-state index contributed by atoms with van der Waals surface area (Å²) in [6.07, 6.45) is 0. The Hall–Kier alpha value is -3.74. The predicted octanol–water partition coefficient (Wildman–Crippen LogP) is 2.63. The smallest absolute Gasteiger partial charge is 0.335 e. The average molecular weight is 363 g/mol. The lowest BCUT2D eigenvalue weighted by molar-refractivity contribution is 0.0696. The summed E-state index contributed by atoms with van der Waals surface area (Å²) in [4.78, 5) is 42.2. The number of hydrogen-bond acceptors (Lipinski definition) is 4. The van der Waals surface area contributed by atoms with Gasteiger partial charge in [0.1, 0.15) is 11.5 Å². The Labute approximate surface area is 154 Å². The largest absolute Gasteiger partial charge is 0.478 e. The highest BCUT2D eigenvalue weighted by atomic mass is 16.4. The van der Waals surface area contributed by atoms with Gasteiger partial charge in [-0.1, -0.05) is 42.5 Å². The summed E-state index contributed by atoms with van der Waals surface area (Å²) in [7, 11) is 0. The number of carboxylic acids is 1. The van der Waals surface area contributed by atoms with Crippen molar-refractivity contribution in [3.8, 4) is 11.4 Å². The second-order valence-corrected chi connectivity index (χ2v) is 5.97. The molecule has 0 aliphatic rings. The van der Waals surface area contributed by atoms with E-state index in [1.807, 2.05) is 18.2 Å². The number of amides is 1. The van der Waals surface area contributed by atoms with Gasteiger partial charge in [-0.25, -0.2) is 9.78 Å². The van der Waals surface area contributed by atoms with Crippen LogP contribution in [0.15, 0.2) is 65.5 Å². The number of nitrogens with one attached hydrogen (secondary N) is 2. The molecule has 0 saturated carbocycles. The number of nitrogens with zero attached hydrogens (tertiary/aromatic N) is 1. The van der Waals surface area contributed by atoms with Crippen LogP contribution in [-0.4, -0.2) is 27.0 Å². The lowest BCUT2D eigenvalue weighted by Gasteiger charge is -2.14. The maximum atomic E-state index is 12.5. The second-order valence-electron chi connectivity index (χ2n) is 5.97. The van der Waals surface area contributed by atoms with Gasteiger partial charge in [-0.15, -0.1) is 0 Å². The number of aromatic amines is 1. The molecule has 3 N–H and O–H groups in total. The van der Waals surface area contributed by atoms with Crippen LogP contribution in [0.5, 0.6) is 0 Å². The number of aromatic carboxylic acids is 1. The molecule has 3 rings (SSSR count). The first kappa shape index (κ1) is 18.1. The van der Waals surface area contributed by atoms with E-state index in [0.717, 1.165) is 11.6 Å². The van der Waals surface area contributed by atoms with E-state index in [1.54, 1.807) is 31.2 Å². The lowest BCUT2D eigenvalue weighted by atomic mass is 10.1. The lowest BCUT2D eigenvalue weighted by Crippen LogP contribution is -2.29. The first-order chi connectivity index (χ1) is 12.9. The highest BCUT2D eigenvalue weighted by Crippen LogP contribution is 2.15. The van der Waals surface area contributed by atoms with E-state index in [-0.39, 0.29) is 17.3 Å². The molecule has 0 fully saturated rings. The number of hydrogen-bond donors (Lipinski definition) is 3. The molecule has 0 radical (unpaired) electrons. The first-order valence-electron chi connectivity index (χ1n) is 8.25. The summed E-state index contributed by atoms with van der Waals surface area (Å²) in [5.41, 5.74) is 1.18. The molecule has 7 heteroatoms. The first-order valence-corrected chi connectivity index (χ1v) is 8.25. The fourth-order valence-corrected chi connectivity index (χ4v) is 2.57. The van der Waals surface area contributed by atoms with E-state index in [4.69, 9.17) is 5.11 Å². The van der Waals surface area contributed by atoms with Crippen molar-refractivity contribution in [3.05, 3.63) is 87.8 Å². The third-order valence-electron chi connectivity index (χ3n) is 4.03. The van der Waals surface area contributed by atoms with Crippen molar-refractivity contribution < 1.29 is 14.7 Å². The number of H-pyrrole nitrogens is 1. The molecule has 1 heterocycles. The molecule has 1 atom stereocenters. The molecule has 1 unspecified atom stereocenters. The summed E-state index contributed by atoms with van der Waals surface area (Å²) in [6.45, 7) is 1.76. The van der Waals surface area contributed by atoms with Crippen molar-refractivity contribution in [2.45, 2.75) is 13.0 Å². The third-order valence-corrected chi connectivity index (χ3v) is 4.03. The average Bonchev–Trinajstić information content (AvgIpc) is 2.68. The van der Waals surface area contributed by atoms with Gasteiger partial charge in [0, 0.05) is 11.6 Å². The molecule has 0 aliphatic carbocycles. The Morgan fingerprint density at radius 1 is 1.07 bits per heavy atom. The van der Waals surface area contributed by atoms with Gasteiger partial charge < -0.3 is 15.4 Å². The maximum Gasteiger partial charge on any atom is 0.335 e. The van der Waals surface area contributed by atoms with Crippen molar-refractivity contribution in [2.24, 2.45) is 0 Å². The van der Waals surface area contributed by atoms with Crippen molar-refractivity contribution in [2.75, 3.05) is 0 Å². The molecule has 7 nitrogen and oxygen atoms in total. The second kappa shape index (κ2) is 7.65. The van der Waals surface area contributed by atoms with Gasteiger partial charge in [-0.3, -0.25) is 9.59 Å². The molecule has 3 aromatic rings. The number of aromatic nitrogens is 2. The Kier molecular flexibility index (Phi) is 5.12. The van der Waals surface area contributed by atoms with E-state index in [1.165, 1.54) is 12.1 Å². The van der Waals surface area contributed by atoms with Gasteiger partial charge in [0.2, 0.25) is 0 Å². The van der Waals surface area contributed by atoms with E-state index in [0.29, 0.717) is 11.4 Å². The zero-order valence-electron chi connectivity index (χ0n) is 14.5. The Morgan fingerprint density at radius 2 is 1.74 bits per heavy atom. The summed E-state index contributed by atoms with van der Waals surface area (Å²) in [5, 5.41) is 11.7. The zero-order valence-corrected chi connectivity index (χ0v) is 14.5. The normalized spacial score (nSPS) is 11.6. The third kappa shape index (κ3) is 4.27. The highest BCUT2D eigenvalue weighted by molar-refractivity contribution is 5.93. The van der Waals surface area contributed by atoms with E-state index < -0.39 is 17.4 Å². The van der Waals surface area contributed by atoms with Crippen LogP contribution in [0.3, 0.4) is 0 Å². The summed E-state index contributed by atoms with van der Waals surface area (Å²) >= 11 is 0. The van der Waals surface area contributed by atoms with Crippen LogP contribution in [0, 0.1) is 0 Å². The van der Waals surface area contributed by atoms with E-state index in [9.17, 15) is 14.4 Å². The minimum Gasteiger partial charge on any atom is -0.478 e. The minimum absolute atomic E-state index is 0.00612. The Morgan fingerprint density at radius 3 is 2.37 bits per heavy atom. The molecule has 136 valence electrons. The van der Waals surface area contributed by atoms with Crippen molar-refractivity contribution >= 4 is 11.9 Å². The standard InChI is InChI=1S/C20H17N3O4/c1-12(13-7-9-15(10-8-13)20(26)27)21-19(25)16-11-17(24)23-18(22-16)14-5-3-2-4-6-14/h2-12H,1H3,(H,21,25)(H,26,27)(H,22,23,24). The summed E-state index contributed by atoms with van der Waals surface area (Å²) in [6, 6.07) is 16.0. The SMILES string of the molecule is CC(NC(=O)c1cc(=O)[nH]c(-c2ccccc2)n1)c1ccc(C(=O)O)cc1. The molecule has 0 saturated heterocycles. The van der Waals surface area contributed by atoms with Crippen LogP contribution in [0.4, 0.5) is 0 Å². The molecule has 27 heavy (non-hydrogen) atoms. The zero-order chi connectivity index (χ0) is 19.4. The number of carboxylic acid groups (broad SMARTS) is 1. The molecular formula is C20H17N3O4. The van der Waals surface area contributed by atoms with Gasteiger partial charge in [0.15, 0.2) is 0 Å². The molecule has 1 aromatic heterocycles. The molecule has 2 aromatic carbocycles. The quantitative estimate of drug-likeness (QED) is 0.645. The van der Waals surface area contributed by atoms with Crippen LogP contribution < -0.4 is 10.9 Å². The van der Waals surface area contributed by atoms with Crippen LogP contribution >= 0.6 is 0 Å².